The van der Waals surface area contributed by atoms with Gasteiger partial charge in [0.2, 0.25) is 5.91 Å². The minimum atomic E-state index is -0.192. The zero-order valence-electron chi connectivity index (χ0n) is 16.5. The van der Waals surface area contributed by atoms with Crippen molar-refractivity contribution in [3.05, 3.63) is 75.4 Å². The second kappa shape index (κ2) is 7.00. The van der Waals surface area contributed by atoms with Crippen LogP contribution in [0.3, 0.4) is 0 Å². The molecule has 0 N–H and O–H groups in total. The summed E-state index contributed by atoms with van der Waals surface area (Å²) in [7, 11) is 0. The number of allylic oxidation sites excluding steroid dienone is 2. The van der Waals surface area contributed by atoms with E-state index in [1.54, 1.807) is 4.90 Å². The van der Waals surface area contributed by atoms with E-state index in [2.05, 4.69) is 29.8 Å². The molecule has 0 fully saturated rings. The molecule has 2 aliphatic rings. The summed E-state index contributed by atoms with van der Waals surface area (Å²) >= 11 is 3.62. The molecule has 3 nitrogen and oxygen atoms in total. The minimum absolute atomic E-state index is 0.0515. The molecule has 144 valence electrons. The summed E-state index contributed by atoms with van der Waals surface area (Å²) in [5.74, 6) is 0.0236. The molecule has 1 aliphatic carbocycles. The van der Waals surface area contributed by atoms with Crippen LogP contribution in [0, 0.1) is 12.3 Å². The summed E-state index contributed by atoms with van der Waals surface area (Å²) in [5.41, 5.74) is 4.50. The third-order valence-corrected chi connectivity index (χ3v) is 6.41. The highest BCUT2D eigenvalue weighted by molar-refractivity contribution is 9.10. The molecule has 0 saturated carbocycles. The van der Waals surface area contributed by atoms with Crippen LogP contribution in [0.1, 0.15) is 50.2 Å². The van der Waals surface area contributed by atoms with Crippen molar-refractivity contribution >= 4 is 33.3 Å². The van der Waals surface area contributed by atoms with Gasteiger partial charge in [-0.15, -0.1) is 0 Å². The van der Waals surface area contributed by atoms with Gasteiger partial charge in [0, 0.05) is 40.2 Å². The van der Waals surface area contributed by atoms with Gasteiger partial charge in [0.25, 0.3) is 0 Å². The van der Waals surface area contributed by atoms with Gasteiger partial charge in [0.05, 0.1) is 0 Å². The molecular weight excluding hydrogens is 414 g/mol. The number of aryl methyl sites for hydroxylation is 1. The molecule has 2 aromatic rings. The second-order valence-electron chi connectivity index (χ2n) is 8.65. The lowest BCUT2D eigenvalue weighted by molar-refractivity contribution is -0.121. The average Bonchev–Trinajstić information content (AvgIpc) is 2.60. The molecule has 1 atom stereocenters. The number of Topliss-reactive ketones (excluding diaryl/α,β-unsaturated/α-hetero) is 1. The van der Waals surface area contributed by atoms with Gasteiger partial charge in [-0.05, 0) is 48.1 Å². The van der Waals surface area contributed by atoms with Gasteiger partial charge in [-0.25, -0.2) is 0 Å². The van der Waals surface area contributed by atoms with Crippen LogP contribution in [-0.4, -0.2) is 11.7 Å². The topological polar surface area (TPSA) is 37.4 Å². The maximum Gasteiger partial charge on any atom is 0.232 e. The number of ketones is 1. The molecule has 2 aromatic carbocycles. The van der Waals surface area contributed by atoms with Crippen LogP contribution in [0.2, 0.25) is 0 Å². The number of anilines is 1. The number of benzene rings is 2. The molecule has 0 saturated heterocycles. The molecule has 1 unspecified atom stereocenters. The summed E-state index contributed by atoms with van der Waals surface area (Å²) in [6.45, 7) is 6.23. The Kier molecular flexibility index (Phi) is 4.78. The van der Waals surface area contributed by atoms with E-state index in [-0.39, 0.29) is 23.0 Å². The predicted octanol–water partition coefficient (Wildman–Crippen LogP) is 5.92. The number of carbonyl (C=O) groups excluding carboxylic acids is 2. The highest BCUT2D eigenvalue weighted by Crippen LogP contribution is 2.49. The lowest BCUT2D eigenvalue weighted by atomic mass is 9.69. The fraction of sp³-hybridized carbons (Fsp3) is 0.333. The molecule has 4 heteroatoms. The molecule has 28 heavy (non-hydrogen) atoms. The van der Waals surface area contributed by atoms with Crippen molar-refractivity contribution in [3.63, 3.8) is 0 Å². The molecule has 1 aliphatic heterocycles. The third-order valence-electron chi connectivity index (χ3n) is 5.68. The molecular formula is C24H24BrNO2. The van der Waals surface area contributed by atoms with Crippen LogP contribution in [0.25, 0.3) is 0 Å². The van der Waals surface area contributed by atoms with E-state index in [0.29, 0.717) is 19.3 Å². The van der Waals surface area contributed by atoms with E-state index in [4.69, 9.17) is 0 Å². The van der Waals surface area contributed by atoms with E-state index >= 15 is 0 Å². The number of carbonyl (C=O) groups is 2. The van der Waals surface area contributed by atoms with Gasteiger partial charge >= 0.3 is 0 Å². The molecule has 1 amide bonds. The fourth-order valence-electron chi connectivity index (χ4n) is 4.51. The van der Waals surface area contributed by atoms with Gasteiger partial charge in [-0.2, -0.15) is 0 Å². The Balaban J connectivity index is 1.93. The summed E-state index contributed by atoms with van der Waals surface area (Å²) in [4.78, 5) is 28.4. The minimum Gasteiger partial charge on any atom is -0.294 e. The third kappa shape index (κ3) is 3.35. The zero-order valence-corrected chi connectivity index (χ0v) is 18.0. The summed E-state index contributed by atoms with van der Waals surface area (Å²) in [6, 6.07) is 15.9. The average molecular weight is 438 g/mol. The van der Waals surface area contributed by atoms with E-state index in [1.807, 2.05) is 55.5 Å². The number of rotatable bonds is 2. The first-order valence-electron chi connectivity index (χ1n) is 9.67. The summed E-state index contributed by atoms with van der Waals surface area (Å²) in [6.07, 6.45) is 1.54. The maximum absolute atomic E-state index is 13.3. The number of nitrogens with zero attached hydrogens (tertiary/aromatic N) is 1. The molecule has 0 bridgehead atoms. The highest BCUT2D eigenvalue weighted by Gasteiger charge is 2.44. The number of halogens is 1. The molecule has 0 aromatic heterocycles. The standard InChI is InChI=1S/C24H24BrNO2/c1-15-7-6-8-16(11-15)26-20-13-24(2,3)14-21(27)23(20)18(12-22(26)28)17-9-4-5-10-19(17)25/h4-11,18H,12-14H2,1-3H3. The first kappa shape index (κ1) is 19.1. The van der Waals surface area contributed by atoms with Crippen LogP contribution >= 0.6 is 15.9 Å². The Morgan fingerprint density at radius 3 is 2.50 bits per heavy atom. The van der Waals surface area contributed by atoms with E-state index in [0.717, 1.165) is 32.6 Å². The van der Waals surface area contributed by atoms with Crippen molar-refractivity contribution in [2.45, 2.75) is 46.0 Å². The molecule has 0 spiro atoms. The monoisotopic (exact) mass is 437 g/mol. The zero-order chi connectivity index (χ0) is 20.1. The van der Waals surface area contributed by atoms with Crippen LogP contribution in [0.4, 0.5) is 5.69 Å². The van der Waals surface area contributed by atoms with Crippen LogP contribution in [0.5, 0.6) is 0 Å². The number of hydrogen-bond donors (Lipinski definition) is 0. The molecule has 1 heterocycles. The first-order valence-corrected chi connectivity index (χ1v) is 10.5. The predicted molar refractivity (Wildman–Crippen MR) is 115 cm³/mol. The van der Waals surface area contributed by atoms with Crippen LogP contribution in [-0.2, 0) is 9.59 Å². The van der Waals surface area contributed by atoms with Crippen LogP contribution < -0.4 is 4.90 Å². The Morgan fingerprint density at radius 1 is 1.04 bits per heavy atom. The largest absolute Gasteiger partial charge is 0.294 e. The Labute approximate surface area is 174 Å². The first-order chi connectivity index (χ1) is 13.3. The van der Waals surface area contributed by atoms with Gasteiger partial charge in [-0.1, -0.05) is 60.1 Å². The summed E-state index contributed by atoms with van der Waals surface area (Å²) in [5, 5.41) is 0. The number of amides is 1. The van der Waals surface area contributed by atoms with Crippen molar-refractivity contribution in [1.82, 2.24) is 0 Å². The quantitative estimate of drug-likeness (QED) is 0.584. The van der Waals surface area contributed by atoms with Gasteiger partial charge < -0.3 is 0 Å². The Bertz CT molecular complexity index is 1010. The van der Waals surface area contributed by atoms with Crippen molar-refractivity contribution in [2.24, 2.45) is 5.41 Å². The van der Waals surface area contributed by atoms with Crippen LogP contribution in [0.15, 0.2) is 64.3 Å². The number of hydrogen-bond acceptors (Lipinski definition) is 2. The van der Waals surface area contributed by atoms with Crippen molar-refractivity contribution in [2.75, 3.05) is 4.90 Å². The normalized spacial score (nSPS) is 21.7. The highest BCUT2D eigenvalue weighted by atomic mass is 79.9. The Morgan fingerprint density at radius 2 is 1.79 bits per heavy atom. The lowest BCUT2D eigenvalue weighted by Gasteiger charge is -2.43. The van der Waals surface area contributed by atoms with E-state index < -0.39 is 0 Å². The SMILES string of the molecule is Cc1cccc(N2C(=O)CC(c3ccccc3Br)C3=C2CC(C)(C)CC3=O)c1. The fourth-order valence-corrected chi connectivity index (χ4v) is 5.07. The van der Waals surface area contributed by atoms with Gasteiger partial charge in [0.15, 0.2) is 5.78 Å². The van der Waals surface area contributed by atoms with Crippen molar-refractivity contribution in [3.8, 4) is 0 Å². The molecule has 4 rings (SSSR count). The summed E-state index contributed by atoms with van der Waals surface area (Å²) < 4.78 is 0.946. The van der Waals surface area contributed by atoms with E-state index in [9.17, 15) is 9.59 Å². The van der Waals surface area contributed by atoms with Crippen molar-refractivity contribution in [1.29, 1.82) is 0 Å². The molecule has 0 radical (unpaired) electrons. The smallest absolute Gasteiger partial charge is 0.232 e. The Hall–Kier alpha value is -2.20. The van der Waals surface area contributed by atoms with E-state index in [1.165, 1.54) is 0 Å². The second-order valence-corrected chi connectivity index (χ2v) is 9.50. The lowest BCUT2D eigenvalue weighted by Crippen LogP contribution is -2.43. The van der Waals surface area contributed by atoms with Gasteiger partial charge in [-0.3, -0.25) is 14.5 Å². The maximum atomic E-state index is 13.3. The van der Waals surface area contributed by atoms with Crippen molar-refractivity contribution < 1.29 is 9.59 Å². The van der Waals surface area contributed by atoms with Gasteiger partial charge in [0.1, 0.15) is 0 Å².